The second-order valence-electron chi connectivity index (χ2n) is 11.3. The van der Waals surface area contributed by atoms with Crippen LogP contribution in [0.1, 0.15) is 67.4 Å². The van der Waals surface area contributed by atoms with Crippen LogP contribution in [0.3, 0.4) is 0 Å². The van der Waals surface area contributed by atoms with Gasteiger partial charge in [-0.05, 0) is 75.3 Å². The van der Waals surface area contributed by atoms with Crippen molar-refractivity contribution in [3.05, 3.63) is 64.7 Å². The lowest BCUT2D eigenvalue weighted by atomic mass is 9.92. The molecule has 6 rings (SSSR count). The summed E-state index contributed by atoms with van der Waals surface area (Å²) in [5.74, 6) is 0.184. The summed E-state index contributed by atoms with van der Waals surface area (Å²) in [5.41, 5.74) is 6.25. The Kier molecular flexibility index (Phi) is 7.98. The lowest BCUT2D eigenvalue weighted by Crippen LogP contribution is -2.35. The standard InChI is InChI=1S/C32H37ClN4O4S/c1-21(34-32(38)26-13-12-22(33)20-27(26)41-2)23-10-9-11-24(30(23)36-16-5-3-6-17-36)25-14-15-28-29(35-42(28,39)40)31(25)37-18-7-4-8-19-37/h9-15,20-21,35H,3-8,16-19H2,1-2H3,(H,34,38). The average Bonchev–Trinajstić information content (AvgIpc) is 3.00. The molecular formula is C32H37ClN4O4S. The van der Waals surface area contributed by atoms with Crippen LogP contribution < -0.4 is 24.6 Å². The third kappa shape index (κ3) is 5.28. The van der Waals surface area contributed by atoms with Gasteiger partial charge in [-0.3, -0.25) is 9.52 Å². The number of hydrogen-bond donors (Lipinski definition) is 2. The van der Waals surface area contributed by atoms with E-state index in [9.17, 15) is 13.2 Å². The van der Waals surface area contributed by atoms with Crippen LogP contribution in [0.25, 0.3) is 11.1 Å². The molecule has 0 aromatic heterocycles. The smallest absolute Gasteiger partial charge is 0.264 e. The number of sulfonamides is 1. The summed E-state index contributed by atoms with van der Waals surface area (Å²) in [5, 5.41) is 3.70. The van der Waals surface area contributed by atoms with Crippen molar-refractivity contribution in [1.29, 1.82) is 0 Å². The molecule has 3 aliphatic heterocycles. The van der Waals surface area contributed by atoms with Gasteiger partial charge in [0.15, 0.2) is 0 Å². The van der Waals surface area contributed by atoms with Crippen LogP contribution in [0.4, 0.5) is 17.1 Å². The Morgan fingerprint density at radius 3 is 2.19 bits per heavy atom. The van der Waals surface area contributed by atoms with E-state index in [2.05, 4.69) is 32.0 Å². The van der Waals surface area contributed by atoms with E-state index in [0.717, 1.165) is 79.9 Å². The van der Waals surface area contributed by atoms with Gasteiger partial charge >= 0.3 is 0 Å². The van der Waals surface area contributed by atoms with Crippen LogP contribution in [-0.2, 0) is 10.0 Å². The van der Waals surface area contributed by atoms with Gasteiger partial charge in [-0.2, -0.15) is 0 Å². The van der Waals surface area contributed by atoms with Gasteiger partial charge < -0.3 is 19.9 Å². The molecule has 2 fully saturated rings. The van der Waals surface area contributed by atoms with Crippen LogP contribution >= 0.6 is 11.6 Å². The van der Waals surface area contributed by atoms with Crippen molar-refractivity contribution in [2.24, 2.45) is 0 Å². The maximum atomic E-state index is 13.5. The summed E-state index contributed by atoms with van der Waals surface area (Å²) in [6.07, 6.45) is 6.71. The van der Waals surface area contributed by atoms with Crippen LogP contribution in [0.15, 0.2) is 53.4 Å². The van der Waals surface area contributed by atoms with Gasteiger partial charge in [0, 0.05) is 48.0 Å². The van der Waals surface area contributed by atoms with E-state index in [-0.39, 0.29) is 11.9 Å². The molecule has 222 valence electrons. The summed E-state index contributed by atoms with van der Waals surface area (Å²) in [6.45, 7) is 5.63. The van der Waals surface area contributed by atoms with Crippen molar-refractivity contribution in [2.75, 3.05) is 47.8 Å². The van der Waals surface area contributed by atoms with E-state index in [4.69, 9.17) is 16.3 Å². The first kappa shape index (κ1) is 28.7. The first-order valence-electron chi connectivity index (χ1n) is 14.8. The van der Waals surface area contributed by atoms with Crippen molar-refractivity contribution < 1.29 is 17.9 Å². The Morgan fingerprint density at radius 1 is 0.905 bits per heavy atom. The van der Waals surface area contributed by atoms with E-state index in [1.807, 2.05) is 19.1 Å². The summed E-state index contributed by atoms with van der Waals surface area (Å²) in [4.78, 5) is 18.6. The highest BCUT2D eigenvalue weighted by Crippen LogP contribution is 2.50. The maximum Gasteiger partial charge on any atom is 0.264 e. The van der Waals surface area contributed by atoms with Gasteiger partial charge in [0.05, 0.1) is 30.1 Å². The SMILES string of the molecule is COc1cc(Cl)ccc1C(=O)NC(C)c1cccc(-c2ccc3c(c2N2CCCCC2)NS3(=O)=O)c1N1CCCCC1. The first-order chi connectivity index (χ1) is 20.3. The van der Waals surface area contributed by atoms with E-state index >= 15 is 0 Å². The molecule has 3 aromatic rings. The zero-order chi connectivity index (χ0) is 29.4. The first-order valence-corrected chi connectivity index (χ1v) is 16.6. The molecule has 3 heterocycles. The Morgan fingerprint density at radius 2 is 1.55 bits per heavy atom. The molecule has 2 saturated heterocycles. The van der Waals surface area contributed by atoms with Crippen molar-refractivity contribution >= 4 is 44.6 Å². The fourth-order valence-corrected chi connectivity index (χ4v) is 7.76. The number of fused-ring (bicyclic) bond motifs is 1. The predicted octanol–water partition coefficient (Wildman–Crippen LogP) is 6.60. The minimum Gasteiger partial charge on any atom is -0.496 e. The Hall–Kier alpha value is -3.43. The molecule has 0 spiro atoms. The Labute approximate surface area is 253 Å². The molecule has 2 N–H and O–H groups in total. The highest BCUT2D eigenvalue weighted by atomic mass is 35.5. The molecule has 1 atom stereocenters. The Balaban J connectivity index is 1.45. The molecule has 1 amide bonds. The number of para-hydroxylation sites is 1. The quantitative estimate of drug-likeness (QED) is 0.314. The number of amides is 1. The number of methoxy groups -OCH3 is 1. The normalized spacial score (nSPS) is 18.4. The fourth-order valence-electron chi connectivity index (χ4n) is 6.50. The maximum absolute atomic E-state index is 13.5. The third-order valence-electron chi connectivity index (χ3n) is 8.59. The molecule has 1 unspecified atom stereocenters. The Bertz CT molecular complexity index is 1610. The molecule has 42 heavy (non-hydrogen) atoms. The summed E-state index contributed by atoms with van der Waals surface area (Å²) < 4.78 is 33.3. The van der Waals surface area contributed by atoms with Crippen LogP contribution in [-0.4, -0.2) is 47.6 Å². The zero-order valence-electron chi connectivity index (χ0n) is 24.1. The molecule has 0 saturated carbocycles. The number of ether oxygens (including phenoxy) is 1. The highest BCUT2D eigenvalue weighted by molar-refractivity contribution is 7.94. The number of carbonyl (C=O) groups excluding carboxylic acids is 1. The molecule has 3 aromatic carbocycles. The molecular weight excluding hydrogens is 572 g/mol. The number of benzene rings is 3. The van der Waals surface area contributed by atoms with Crippen molar-refractivity contribution in [1.82, 2.24) is 5.32 Å². The van der Waals surface area contributed by atoms with Crippen molar-refractivity contribution in [3.8, 4) is 16.9 Å². The molecule has 0 bridgehead atoms. The van der Waals surface area contributed by atoms with E-state index in [1.54, 1.807) is 24.3 Å². The average molecular weight is 609 g/mol. The summed E-state index contributed by atoms with van der Waals surface area (Å²) >= 11 is 6.14. The molecule has 10 heteroatoms. The molecule has 3 aliphatic rings. The van der Waals surface area contributed by atoms with Gasteiger partial charge in [0.1, 0.15) is 10.6 Å². The number of halogens is 1. The van der Waals surface area contributed by atoms with E-state index < -0.39 is 10.0 Å². The minimum absolute atomic E-state index is 0.240. The lowest BCUT2D eigenvalue weighted by Gasteiger charge is -2.38. The second-order valence-corrected chi connectivity index (χ2v) is 13.4. The number of nitrogens with one attached hydrogen (secondary N) is 2. The van der Waals surface area contributed by atoms with Gasteiger partial charge in [0.25, 0.3) is 15.9 Å². The van der Waals surface area contributed by atoms with E-state index in [1.165, 1.54) is 20.0 Å². The molecule has 0 radical (unpaired) electrons. The number of rotatable bonds is 7. The number of carbonyl (C=O) groups is 1. The van der Waals surface area contributed by atoms with Gasteiger partial charge in [-0.15, -0.1) is 0 Å². The number of hydrogen-bond acceptors (Lipinski definition) is 6. The predicted molar refractivity (Wildman–Crippen MR) is 169 cm³/mol. The van der Waals surface area contributed by atoms with Crippen molar-refractivity contribution in [3.63, 3.8) is 0 Å². The zero-order valence-corrected chi connectivity index (χ0v) is 25.7. The lowest BCUT2D eigenvalue weighted by molar-refractivity contribution is 0.0937. The van der Waals surface area contributed by atoms with Crippen LogP contribution in [0, 0.1) is 0 Å². The van der Waals surface area contributed by atoms with Gasteiger partial charge in [-0.25, -0.2) is 8.42 Å². The highest BCUT2D eigenvalue weighted by Gasteiger charge is 2.37. The largest absolute Gasteiger partial charge is 0.496 e. The number of anilines is 3. The topological polar surface area (TPSA) is 91.0 Å². The van der Waals surface area contributed by atoms with Gasteiger partial charge in [0.2, 0.25) is 0 Å². The number of nitrogens with zero attached hydrogens (tertiary/aromatic N) is 2. The van der Waals surface area contributed by atoms with Crippen molar-refractivity contribution in [2.45, 2.75) is 56.4 Å². The van der Waals surface area contributed by atoms with Crippen LogP contribution in [0.2, 0.25) is 5.02 Å². The van der Waals surface area contributed by atoms with Gasteiger partial charge in [-0.1, -0.05) is 35.9 Å². The monoisotopic (exact) mass is 608 g/mol. The molecule has 0 aliphatic carbocycles. The minimum atomic E-state index is -3.45. The van der Waals surface area contributed by atoms with Crippen LogP contribution in [0.5, 0.6) is 5.75 Å². The summed E-state index contributed by atoms with van der Waals surface area (Å²) in [6, 6.07) is 14.6. The number of piperidine rings is 2. The summed E-state index contributed by atoms with van der Waals surface area (Å²) in [7, 11) is -1.93. The second kappa shape index (κ2) is 11.7. The third-order valence-corrected chi connectivity index (χ3v) is 10.2. The van der Waals surface area contributed by atoms with E-state index in [0.29, 0.717) is 26.9 Å². The fraction of sp³-hybridized carbons (Fsp3) is 0.406. The molecule has 8 nitrogen and oxygen atoms in total.